The molecule has 2 rings (SSSR count). The Morgan fingerprint density at radius 1 is 1.18 bits per heavy atom. The van der Waals surface area contributed by atoms with E-state index >= 15 is 0 Å². The fourth-order valence-corrected chi connectivity index (χ4v) is 3.06. The van der Waals surface area contributed by atoms with Crippen molar-refractivity contribution in [1.29, 1.82) is 0 Å². The van der Waals surface area contributed by atoms with Crippen molar-refractivity contribution in [2.75, 3.05) is 12.4 Å². The van der Waals surface area contributed by atoms with Gasteiger partial charge in [-0.2, -0.15) is 0 Å². The lowest BCUT2D eigenvalue weighted by Crippen LogP contribution is -2.26. The zero-order chi connectivity index (χ0) is 16.1. The second-order valence-corrected chi connectivity index (χ2v) is 6.96. The van der Waals surface area contributed by atoms with Gasteiger partial charge in [0.1, 0.15) is 10.6 Å². The lowest BCUT2D eigenvalue weighted by Gasteiger charge is -2.18. The molecule has 0 saturated heterocycles. The largest absolute Gasteiger partial charge is 0.495 e. The Morgan fingerprint density at radius 2 is 1.86 bits per heavy atom. The number of alkyl halides is 2. The first-order valence-electron chi connectivity index (χ1n) is 6.50. The molecule has 0 fully saturated rings. The minimum atomic E-state index is -0.446. The average Bonchev–Trinajstić information content (AvgIpc) is 2.54. The molecule has 0 aliphatic carbocycles. The van der Waals surface area contributed by atoms with E-state index < -0.39 is 4.83 Å². The van der Waals surface area contributed by atoms with Crippen LogP contribution in [0.4, 0.5) is 5.69 Å². The van der Waals surface area contributed by atoms with Gasteiger partial charge in [0, 0.05) is 5.02 Å². The number of ether oxygens (including phenoxy) is 1. The zero-order valence-corrected chi connectivity index (χ0v) is 15.7. The van der Waals surface area contributed by atoms with Gasteiger partial charge in [-0.25, -0.2) is 0 Å². The lowest BCUT2D eigenvalue weighted by atomic mass is 10.1. The molecule has 0 aliphatic heterocycles. The third kappa shape index (κ3) is 4.24. The van der Waals surface area contributed by atoms with Gasteiger partial charge >= 0.3 is 0 Å². The first kappa shape index (κ1) is 17.3. The van der Waals surface area contributed by atoms with Gasteiger partial charge < -0.3 is 10.1 Å². The van der Waals surface area contributed by atoms with Crippen LogP contribution in [0.1, 0.15) is 10.4 Å². The highest BCUT2D eigenvalue weighted by molar-refractivity contribution is 9.12. The first-order chi connectivity index (χ1) is 10.5. The molecule has 6 heteroatoms. The van der Waals surface area contributed by atoms with Crippen LogP contribution in [0.15, 0.2) is 48.5 Å². The molecular weight excluding hydrogens is 433 g/mol. The Balaban J connectivity index is 2.13. The maximum atomic E-state index is 12.4. The highest BCUT2D eigenvalue weighted by atomic mass is 79.9. The summed E-state index contributed by atoms with van der Waals surface area (Å²) in [6, 6.07) is 14.8. The smallest absolute Gasteiger partial charge is 0.239 e. The summed E-state index contributed by atoms with van der Waals surface area (Å²) in [6.45, 7) is 0. The van der Waals surface area contributed by atoms with Gasteiger partial charge in [-0.05, 0) is 23.8 Å². The van der Waals surface area contributed by atoms with Crippen LogP contribution in [0.5, 0.6) is 5.75 Å². The Labute approximate surface area is 151 Å². The highest BCUT2D eigenvalue weighted by Gasteiger charge is 2.25. The van der Waals surface area contributed by atoms with Crippen molar-refractivity contribution in [3.8, 4) is 5.75 Å². The van der Waals surface area contributed by atoms with Gasteiger partial charge in [0.25, 0.3) is 0 Å². The predicted octanol–water partition coefficient (Wildman–Crippen LogP) is 5.19. The molecule has 0 heterocycles. The van der Waals surface area contributed by atoms with E-state index in [0.717, 1.165) is 5.56 Å². The van der Waals surface area contributed by atoms with E-state index in [-0.39, 0.29) is 10.7 Å². The van der Waals surface area contributed by atoms with Gasteiger partial charge in [0.05, 0.1) is 17.6 Å². The van der Waals surface area contributed by atoms with Crippen LogP contribution >= 0.6 is 43.5 Å². The lowest BCUT2D eigenvalue weighted by molar-refractivity contribution is -0.115. The van der Waals surface area contributed by atoms with E-state index in [9.17, 15) is 4.79 Å². The fourth-order valence-electron chi connectivity index (χ4n) is 1.92. The van der Waals surface area contributed by atoms with Gasteiger partial charge in [-0.1, -0.05) is 73.8 Å². The minimum Gasteiger partial charge on any atom is -0.495 e. The zero-order valence-electron chi connectivity index (χ0n) is 11.7. The van der Waals surface area contributed by atoms with Crippen LogP contribution in [-0.4, -0.2) is 17.8 Å². The van der Waals surface area contributed by atoms with E-state index in [1.165, 1.54) is 0 Å². The number of hydrogen-bond acceptors (Lipinski definition) is 2. The van der Waals surface area contributed by atoms with Crippen LogP contribution in [0.3, 0.4) is 0 Å². The van der Waals surface area contributed by atoms with E-state index in [1.54, 1.807) is 25.3 Å². The fraction of sp³-hybridized carbons (Fsp3) is 0.188. The Morgan fingerprint density at radius 3 is 2.50 bits per heavy atom. The third-order valence-corrected chi connectivity index (χ3v) is 5.99. The third-order valence-electron chi connectivity index (χ3n) is 3.04. The van der Waals surface area contributed by atoms with Gasteiger partial charge in [-0.15, -0.1) is 0 Å². The van der Waals surface area contributed by atoms with Crippen molar-refractivity contribution in [1.82, 2.24) is 0 Å². The van der Waals surface area contributed by atoms with Crippen LogP contribution in [0, 0.1) is 0 Å². The first-order valence-corrected chi connectivity index (χ1v) is 8.71. The Bertz CT molecular complexity index is 652. The molecule has 0 saturated carbocycles. The summed E-state index contributed by atoms with van der Waals surface area (Å²) in [5.74, 6) is 0.370. The van der Waals surface area contributed by atoms with Gasteiger partial charge in [0.2, 0.25) is 5.91 Å². The van der Waals surface area contributed by atoms with Crippen molar-refractivity contribution < 1.29 is 9.53 Å². The summed E-state index contributed by atoms with van der Waals surface area (Å²) in [6.07, 6.45) is 0. The van der Waals surface area contributed by atoms with E-state index in [4.69, 9.17) is 16.3 Å². The molecule has 0 spiro atoms. The summed E-state index contributed by atoms with van der Waals surface area (Å²) in [5.41, 5.74) is 1.55. The molecule has 0 aliphatic rings. The Kier molecular flexibility index (Phi) is 6.29. The monoisotopic (exact) mass is 445 g/mol. The highest BCUT2D eigenvalue weighted by Crippen LogP contribution is 2.33. The van der Waals surface area contributed by atoms with Crippen LogP contribution in [0.2, 0.25) is 5.02 Å². The van der Waals surface area contributed by atoms with Crippen molar-refractivity contribution in [2.45, 2.75) is 9.65 Å². The van der Waals surface area contributed by atoms with Crippen LogP contribution in [0.25, 0.3) is 0 Å². The molecule has 3 nitrogen and oxygen atoms in total. The summed E-state index contributed by atoms with van der Waals surface area (Å²) in [5, 5.41) is 3.36. The number of nitrogens with one attached hydrogen (secondary N) is 1. The SMILES string of the molecule is COc1ccc(Cl)cc1NC(=O)C(Br)C(Br)c1ccccc1. The quantitative estimate of drug-likeness (QED) is 0.641. The molecule has 0 aromatic heterocycles. The summed E-state index contributed by atoms with van der Waals surface area (Å²) >= 11 is 13.0. The molecule has 22 heavy (non-hydrogen) atoms. The molecule has 1 amide bonds. The number of amides is 1. The maximum absolute atomic E-state index is 12.4. The number of anilines is 1. The topological polar surface area (TPSA) is 38.3 Å². The number of methoxy groups -OCH3 is 1. The molecule has 116 valence electrons. The average molecular weight is 448 g/mol. The molecular formula is C16H14Br2ClNO2. The number of carbonyl (C=O) groups excluding carboxylic acids is 1. The predicted molar refractivity (Wildman–Crippen MR) is 97.5 cm³/mol. The van der Waals surface area contributed by atoms with E-state index in [2.05, 4.69) is 37.2 Å². The molecule has 2 aromatic carbocycles. The molecule has 2 aromatic rings. The van der Waals surface area contributed by atoms with Crippen molar-refractivity contribution in [3.05, 3.63) is 59.1 Å². The molecule has 2 atom stereocenters. The molecule has 0 bridgehead atoms. The number of hydrogen-bond donors (Lipinski definition) is 1. The molecule has 2 unspecified atom stereocenters. The van der Waals surface area contributed by atoms with E-state index in [0.29, 0.717) is 16.5 Å². The number of halogens is 3. The van der Waals surface area contributed by atoms with Crippen molar-refractivity contribution in [3.63, 3.8) is 0 Å². The number of benzene rings is 2. The second kappa shape index (κ2) is 7.99. The standard InChI is InChI=1S/C16H14Br2ClNO2/c1-22-13-8-7-11(19)9-12(13)20-16(21)15(18)14(17)10-5-3-2-4-6-10/h2-9,14-15H,1H3,(H,20,21). The van der Waals surface area contributed by atoms with Gasteiger partial charge in [-0.3, -0.25) is 4.79 Å². The van der Waals surface area contributed by atoms with E-state index in [1.807, 2.05) is 30.3 Å². The summed E-state index contributed by atoms with van der Waals surface area (Å²) < 4.78 is 5.23. The maximum Gasteiger partial charge on any atom is 0.239 e. The molecule has 1 N–H and O–H groups in total. The summed E-state index contributed by atoms with van der Waals surface area (Å²) in [7, 11) is 1.54. The number of carbonyl (C=O) groups is 1. The normalized spacial score (nSPS) is 13.3. The number of rotatable bonds is 5. The summed E-state index contributed by atoms with van der Waals surface area (Å²) in [4.78, 5) is 11.8. The second-order valence-electron chi connectivity index (χ2n) is 4.55. The molecule has 0 radical (unpaired) electrons. The van der Waals surface area contributed by atoms with Crippen LogP contribution < -0.4 is 10.1 Å². The van der Waals surface area contributed by atoms with Gasteiger partial charge in [0.15, 0.2) is 0 Å². The minimum absolute atomic E-state index is 0.154. The van der Waals surface area contributed by atoms with Crippen molar-refractivity contribution in [2.24, 2.45) is 0 Å². The van der Waals surface area contributed by atoms with Crippen molar-refractivity contribution >= 4 is 55.1 Å². The Hall–Kier alpha value is -1.04. The van der Waals surface area contributed by atoms with Crippen LogP contribution in [-0.2, 0) is 4.79 Å².